The summed E-state index contributed by atoms with van der Waals surface area (Å²) in [5.41, 5.74) is 1.22. The van der Waals surface area contributed by atoms with Crippen LogP contribution in [0.25, 0.3) is 0 Å². The summed E-state index contributed by atoms with van der Waals surface area (Å²) in [5.74, 6) is 0.433. The van der Waals surface area contributed by atoms with Crippen LogP contribution < -0.4 is 4.74 Å². The third kappa shape index (κ3) is 3.12. The lowest BCUT2D eigenvalue weighted by molar-refractivity contribution is -0.385. The zero-order chi connectivity index (χ0) is 14.5. The first kappa shape index (κ1) is 14.0. The van der Waals surface area contributed by atoms with Crippen LogP contribution in [0.4, 0.5) is 5.69 Å². The second-order valence-corrected chi connectivity index (χ2v) is 4.20. The Balaban J connectivity index is 2.10. The van der Waals surface area contributed by atoms with Crippen molar-refractivity contribution in [3.8, 4) is 5.75 Å². The van der Waals surface area contributed by atoms with E-state index in [2.05, 4.69) is 5.10 Å². The highest BCUT2D eigenvalue weighted by Crippen LogP contribution is 2.25. The molecular weight excluding hydrogens is 262 g/mol. The summed E-state index contributed by atoms with van der Waals surface area (Å²) >= 11 is 0. The van der Waals surface area contributed by atoms with Crippen LogP contribution in [0.1, 0.15) is 18.1 Å². The highest BCUT2D eigenvalue weighted by atomic mass is 16.6. The molecule has 0 unspecified atom stereocenters. The minimum absolute atomic E-state index is 0.0693. The SMILES string of the molecule is CCn1cc(COc2ccc([N+](=O)[O-])cc2CO)cn1. The van der Waals surface area contributed by atoms with Gasteiger partial charge < -0.3 is 9.84 Å². The molecule has 0 aliphatic rings. The van der Waals surface area contributed by atoms with Crippen LogP contribution >= 0.6 is 0 Å². The average Bonchev–Trinajstić information content (AvgIpc) is 2.92. The summed E-state index contributed by atoms with van der Waals surface area (Å²) in [6, 6.07) is 4.16. The second-order valence-electron chi connectivity index (χ2n) is 4.20. The molecule has 0 radical (unpaired) electrons. The van der Waals surface area contributed by atoms with Gasteiger partial charge in [-0.2, -0.15) is 5.10 Å². The molecule has 0 saturated carbocycles. The third-order valence-corrected chi connectivity index (χ3v) is 2.83. The number of nitro benzene ring substituents is 1. The van der Waals surface area contributed by atoms with Crippen LogP contribution in [-0.4, -0.2) is 19.8 Å². The normalized spacial score (nSPS) is 10.5. The molecule has 1 aromatic heterocycles. The fourth-order valence-electron chi connectivity index (χ4n) is 1.76. The topological polar surface area (TPSA) is 90.4 Å². The van der Waals surface area contributed by atoms with Crippen molar-refractivity contribution in [3.63, 3.8) is 0 Å². The summed E-state index contributed by atoms with van der Waals surface area (Å²) in [7, 11) is 0. The third-order valence-electron chi connectivity index (χ3n) is 2.83. The monoisotopic (exact) mass is 277 g/mol. The van der Waals surface area contributed by atoms with Gasteiger partial charge in [-0.25, -0.2) is 0 Å². The van der Waals surface area contributed by atoms with Crippen LogP contribution in [0.5, 0.6) is 5.75 Å². The van der Waals surface area contributed by atoms with E-state index < -0.39 is 4.92 Å². The Labute approximate surface area is 115 Å². The zero-order valence-corrected chi connectivity index (χ0v) is 11.0. The predicted octanol–water partition coefficient (Wildman–Crippen LogP) is 1.88. The first-order valence-corrected chi connectivity index (χ1v) is 6.16. The standard InChI is InChI=1S/C13H15N3O4/c1-2-15-7-10(6-14-15)9-20-13-4-3-12(16(18)19)5-11(13)8-17/h3-7,17H,2,8-9H2,1H3. The minimum Gasteiger partial charge on any atom is -0.488 e. The number of nitro groups is 1. The summed E-state index contributed by atoms with van der Waals surface area (Å²) in [6.45, 7) is 2.74. The average molecular weight is 277 g/mol. The maximum absolute atomic E-state index is 10.7. The maximum atomic E-state index is 10.7. The molecule has 7 nitrogen and oxygen atoms in total. The fourth-order valence-corrected chi connectivity index (χ4v) is 1.76. The van der Waals surface area contributed by atoms with Gasteiger partial charge in [-0.1, -0.05) is 0 Å². The lowest BCUT2D eigenvalue weighted by Gasteiger charge is -2.08. The number of nitrogens with zero attached hydrogens (tertiary/aromatic N) is 3. The molecule has 0 bridgehead atoms. The van der Waals surface area contributed by atoms with Gasteiger partial charge in [0, 0.05) is 36.0 Å². The fraction of sp³-hybridized carbons (Fsp3) is 0.308. The number of aromatic nitrogens is 2. The molecule has 2 aromatic rings. The van der Waals surface area contributed by atoms with Crippen molar-refractivity contribution in [3.05, 3.63) is 51.8 Å². The van der Waals surface area contributed by atoms with Crippen molar-refractivity contribution in [1.82, 2.24) is 9.78 Å². The van der Waals surface area contributed by atoms with Crippen LogP contribution in [0.3, 0.4) is 0 Å². The molecule has 0 atom stereocenters. The van der Waals surface area contributed by atoms with Crippen LogP contribution in [0.2, 0.25) is 0 Å². The lowest BCUT2D eigenvalue weighted by Crippen LogP contribution is -1.99. The van der Waals surface area contributed by atoms with Gasteiger partial charge in [0.2, 0.25) is 0 Å². The van der Waals surface area contributed by atoms with Gasteiger partial charge in [-0.15, -0.1) is 0 Å². The van der Waals surface area contributed by atoms with Gasteiger partial charge in [0.25, 0.3) is 5.69 Å². The van der Waals surface area contributed by atoms with Crippen molar-refractivity contribution in [2.75, 3.05) is 0 Å². The maximum Gasteiger partial charge on any atom is 0.270 e. The quantitative estimate of drug-likeness (QED) is 0.643. The van der Waals surface area contributed by atoms with Crippen molar-refractivity contribution >= 4 is 5.69 Å². The smallest absolute Gasteiger partial charge is 0.270 e. The molecule has 0 amide bonds. The second kappa shape index (κ2) is 6.16. The molecule has 1 N–H and O–H groups in total. The number of aliphatic hydroxyl groups is 1. The largest absolute Gasteiger partial charge is 0.488 e. The van der Waals surface area contributed by atoms with Gasteiger partial charge in [-0.3, -0.25) is 14.8 Å². The molecular formula is C13H15N3O4. The van der Waals surface area contributed by atoms with Gasteiger partial charge >= 0.3 is 0 Å². The Kier molecular flexibility index (Phi) is 4.31. The van der Waals surface area contributed by atoms with E-state index in [4.69, 9.17) is 4.74 Å². The molecule has 1 heterocycles. The number of rotatable bonds is 6. The van der Waals surface area contributed by atoms with Gasteiger partial charge in [-0.05, 0) is 13.0 Å². The lowest BCUT2D eigenvalue weighted by atomic mass is 10.2. The highest BCUT2D eigenvalue weighted by molar-refractivity contribution is 5.43. The van der Waals surface area contributed by atoms with E-state index >= 15 is 0 Å². The summed E-state index contributed by atoms with van der Waals surface area (Å²) in [5, 5.41) is 24.0. The van der Waals surface area contributed by atoms with Gasteiger partial charge in [0.1, 0.15) is 12.4 Å². The van der Waals surface area contributed by atoms with E-state index in [1.807, 2.05) is 13.1 Å². The summed E-state index contributed by atoms with van der Waals surface area (Å²) in [4.78, 5) is 10.2. The first-order chi connectivity index (χ1) is 9.63. The number of benzene rings is 1. The van der Waals surface area contributed by atoms with E-state index in [1.165, 1.54) is 18.2 Å². The minimum atomic E-state index is -0.506. The van der Waals surface area contributed by atoms with E-state index in [1.54, 1.807) is 10.9 Å². The number of aliphatic hydroxyl groups excluding tert-OH is 1. The number of ether oxygens (including phenoxy) is 1. The van der Waals surface area contributed by atoms with Crippen molar-refractivity contribution in [2.45, 2.75) is 26.7 Å². The Hall–Kier alpha value is -2.41. The molecule has 0 saturated heterocycles. The molecule has 0 spiro atoms. The summed E-state index contributed by atoms with van der Waals surface area (Å²) in [6.07, 6.45) is 3.57. The van der Waals surface area contributed by atoms with Gasteiger partial charge in [0.15, 0.2) is 0 Å². The Morgan fingerprint density at radius 3 is 2.90 bits per heavy atom. The van der Waals surface area contributed by atoms with Crippen molar-refractivity contribution in [2.24, 2.45) is 0 Å². The molecule has 0 aliphatic heterocycles. The number of hydrogen-bond donors (Lipinski definition) is 1. The highest BCUT2D eigenvalue weighted by Gasteiger charge is 2.11. The van der Waals surface area contributed by atoms with Gasteiger partial charge in [0.05, 0.1) is 17.7 Å². The zero-order valence-electron chi connectivity index (χ0n) is 11.0. The van der Waals surface area contributed by atoms with E-state index in [9.17, 15) is 15.2 Å². The van der Waals surface area contributed by atoms with Crippen molar-refractivity contribution in [1.29, 1.82) is 0 Å². The summed E-state index contributed by atoms with van der Waals surface area (Å²) < 4.78 is 7.35. The Morgan fingerprint density at radius 1 is 1.50 bits per heavy atom. The predicted molar refractivity (Wildman–Crippen MR) is 71.3 cm³/mol. The molecule has 20 heavy (non-hydrogen) atoms. The van der Waals surface area contributed by atoms with E-state index in [0.717, 1.165) is 12.1 Å². The number of hydrogen-bond acceptors (Lipinski definition) is 5. The van der Waals surface area contributed by atoms with Crippen LogP contribution in [0.15, 0.2) is 30.6 Å². The van der Waals surface area contributed by atoms with E-state index in [0.29, 0.717) is 17.9 Å². The van der Waals surface area contributed by atoms with Crippen LogP contribution in [0, 0.1) is 10.1 Å². The van der Waals surface area contributed by atoms with Crippen LogP contribution in [-0.2, 0) is 19.8 Å². The molecule has 2 rings (SSSR count). The van der Waals surface area contributed by atoms with E-state index in [-0.39, 0.29) is 12.3 Å². The molecule has 0 fully saturated rings. The number of non-ortho nitro benzene ring substituents is 1. The number of aryl methyl sites for hydroxylation is 1. The first-order valence-electron chi connectivity index (χ1n) is 6.16. The Morgan fingerprint density at radius 2 is 2.30 bits per heavy atom. The molecule has 0 aliphatic carbocycles. The Bertz CT molecular complexity index is 609. The van der Waals surface area contributed by atoms with Crippen molar-refractivity contribution < 1.29 is 14.8 Å². The molecule has 7 heteroatoms. The molecule has 106 valence electrons. The molecule has 1 aromatic carbocycles.